The number of likely N-dealkylation sites (N-methyl/N-ethyl adjacent to an activating group) is 1. The molecule has 4 rings (SSSR count). The van der Waals surface area contributed by atoms with Gasteiger partial charge in [-0.2, -0.15) is 4.98 Å². The molecule has 2 N–H and O–H groups in total. The molecular formula is C27H24FN3O4. The molecule has 35 heavy (non-hydrogen) atoms. The van der Waals surface area contributed by atoms with E-state index in [-0.39, 0.29) is 30.6 Å². The number of hydrogen-bond acceptors (Lipinski definition) is 5. The predicted molar refractivity (Wildman–Crippen MR) is 131 cm³/mol. The zero-order valence-electron chi connectivity index (χ0n) is 19.3. The van der Waals surface area contributed by atoms with Crippen molar-refractivity contribution in [2.75, 3.05) is 13.7 Å². The Morgan fingerprint density at radius 1 is 1.06 bits per heavy atom. The van der Waals surface area contributed by atoms with Crippen LogP contribution in [0.25, 0.3) is 22.5 Å². The summed E-state index contributed by atoms with van der Waals surface area (Å²) >= 11 is 0. The van der Waals surface area contributed by atoms with Gasteiger partial charge in [-0.05, 0) is 72.6 Å². The van der Waals surface area contributed by atoms with Crippen molar-refractivity contribution in [1.82, 2.24) is 14.9 Å². The lowest BCUT2D eigenvalue weighted by Gasteiger charge is -2.18. The number of carbonyl (C=O) groups excluding carboxylic acids is 1. The van der Waals surface area contributed by atoms with Crippen molar-refractivity contribution >= 4 is 5.91 Å². The van der Waals surface area contributed by atoms with Crippen LogP contribution in [-0.4, -0.2) is 39.5 Å². The Morgan fingerprint density at radius 2 is 1.77 bits per heavy atom. The highest BCUT2D eigenvalue weighted by Crippen LogP contribution is 2.26. The number of nitrogens with one attached hydrogen (secondary N) is 1. The number of benzene rings is 3. The van der Waals surface area contributed by atoms with Crippen LogP contribution < -0.4 is 10.4 Å². The second kappa shape index (κ2) is 10.2. The van der Waals surface area contributed by atoms with Gasteiger partial charge in [0.25, 0.3) is 5.91 Å². The molecule has 0 unspecified atom stereocenters. The number of hydrogen-bond donors (Lipinski definition) is 2. The van der Waals surface area contributed by atoms with Gasteiger partial charge in [0.2, 0.25) is 0 Å². The van der Waals surface area contributed by atoms with Crippen molar-refractivity contribution in [3.63, 3.8) is 0 Å². The summed E-state index contributed by atoms with van der Waals surface area (Å²) < 4.78 is 19.4. The number of carbonyl (C=O) groups is 1. The fraction of sp³-hybridized carbons (Fsp3) is 0.148. The maximum atomic E-state index is 13.8. The summed E-state index contributed by atoms with van der Waals surface area (Å²) in [6.45, 7) is 1.72. The zero-order valence-corrected chi connectivity index (χ0v) is 19.3. The number of phenols is 1. The number of ether oxygens (including phenoxy) is 1. The van der Waals surface area contributed by atoms with Crippen molar-refractivity contribution in [3.05, 3.63) is 100 Å². The molecule has 0 aliphatic heterocycles. The molecule has 0 radical (unpaired) electrons. The first kappa shape index (κ1) is 23.7. The van der Waals surface area contributed by atoms with Crippen molar-refractivity contribution in [1.29, 1.82) is 0 Å². The van der Waals surface area contributed by atoms with Gasteiger partial charge in [0.05, 0.1) is 11.4 Å². The maximum absolute atomic E-state index is 13.8. The molecule has 4 aromatic rings. The van der Waals surface area contributed by atoms with E-state index in [1.54, 1.807) is 80.7 Å². The van der Waals surface area contributed by atoms with Crippen LogP contribution in [0.5, 0.6) is 11.5 Å². The first-order valence-electron chi connectivity index (χ1n) is 10.9. The van der Waals surface area contributed by atoms with E-state index in [1.165, 1.54) is 11.0 Å². The fourth-order valence-electron chi connectivity index (χ4n) is 3.53. The van der Waals surface area contributed by atoms with Crippen molar-refractivity contribution in [2.24, 2.45) is 0 Å². The smallest absolute Gasteiger partial charge is 0.345 e. The van der Waals surface area contributed by atoms with Gasteiger partial charge in [0.15, 0.2) is 6.61 Å². The van der Waals surface area contributed by atoms with E-state index in [2.05, 4.69) is 9.97 Å². The highest BCUT2D eigenvalue weighted by Gasteiger charge is 2.13. The van der Waals surface area contributed by atoms with Gasteiger partial charge in [-0.25, -0.2) is 9.18 Å². The summed E-state index contributed by atoms with van der Waals surface area (Å²) in [5.41, 5.74) is 3.12. The Balaban J connectivity index is 1.43. The molecule has 178 valence electrons. The Morgan fingerprint density at radius 3 is 2.49 bits per heavy atom. The van der Waals surface area contributed by atoms with Crippen molar-refractivity contribution < 1.29 is 19.0 Å². The zero-order chi connectivity index (χ0) is 24.9. The lowest BCUT2D eigenvalue weighted by molar-refractivity contribution is -0.132. The number of aromatic hydroxyl groups is 1. The van der Waals surface area contributed by atoms with Crippen LogP contribution in [0.2, 0.25) is 0 Å². The van der Waals surface area contributed by atoms with Crippen LogP contribution in [0.4, 0.5) is 4.39 Å². The second-order valence-electron chi connectivity index (χ2n) is 8.14. The van der Waals surface area contributed by atoms with Crippen molar-refractivity contribution in [2.45, 2.75) is 13.5 Å². The second-order valence-corrected chi connectivity index (χ2v) is 8.14. The highest BCUT2D eigenvalue weighted by molar-refractivity contribution is 5.77. The maximum Gasteiger partial charge on any atom is 0.345 e. The Labute approximate surface area is 201 Å². The van der Waals surface area contributed by atoms with Crippen LogP contribution in [0.3, 0.4) is 0 Å². The van der Waals surface area contributed by atoms with Gasteiger partial charge < -0.3 is 19.7 Å². The number of halogens is 1. The van der Waals surface area contributed by atoms with Crippen LogP contribution >= 0.6 is 0 Å². The van der Waals surface area contributed by atoms with Gasteiger partial charge in [-0.1, -0.05) is 18.2 Å². The lowest BCUT2D eigenvalue weighted by atomic mass is 10.1. The minimum Gasteiger partial charge on any atom is -0.508 e. The molecule has 0 fully saturated rings. The molecule has 0 aliphatic rings. The predicted octanol–water partition coefficient (Wildman–Crippen LogP) is 4.29. The number of aromatic amines is 1. The van der Waals surface area contributed by atoms with Crippen molar-refractivity contribution in [3.8, 4) is 34.0 Å². The van der Waals surface area contributed by atoms with Gasteiger partial charge in [0.1, 0.15) is 17.3 Å². The molecule has 0 bridgehead atoms. The van der Waals surface area contributed by atoms with Gasteiger partial charge in [0, 0.05) is 24.7 Å². The van der Waals surface area contributed by atoms with Crippen LogP contribution in [0, 0.1) is 12.7 Å². The summed E-state index contributed by atoms with van der Waals surface area (Å²) in [4.78, 5) is 32.7. The molecule has 8 heteroatoms. The molecule has 7 nitrogen and oxygen atoms in total. The largest absolute Gasteiger partial charge is 0.508 e. The summed E-state index contributed by atoms with van der Waals surface area (Å²) in [6, 6.07) is 20.0. The van der Waals surface area contributed by atoms with E-state index < -0.39 is 5.69 Å². The van der Waals surface area contributed by atoms with E-state index in [0.29, 0.717) is 33.8 Å². The monoisotopic (exact) mass is 473 g/mol. The first-order chi connectivity index (χ1) is 16.8. The average molecular weight is 474 g/mol. The quantitative estimate of drug-likeness (QED) is 0.417. The number of rotatable bonds is 7. The third-order valence-corrected chi connectivity index (χ3v) is 5.56. The van der Waals surface area contributed by atoms with Gasteiger partial charge >= 0.3 is 5.69 Å². The van der Waals surface area contributed by atoms with Gasteiger partial charge in [-0.15, -0.1) is 0 Å². The average Bonchev–Trinajstić information content (AvgIpc) is 2.85. The Kier molecular flexibility index (Phi) is 6.91. The molecule has 0 spiro atoms. The summed E-state index contributed by atoms with van der Waals surface area (Å²) in [5.74, 6) is 0.00428. The van der Waals surface area contributed by atoms with E-state index in [1.807, 2.05) is 0 Å². The number of H-pyrrole nitrogens is 1. The summed E-state index contributed by atoms with van der Waals surface area (Å²) in [6.07, 6.45) is 0. The van der Waals surface area contributed by atoms with E-state index in [0.717, 1.165) is 5.56 Å². The molecule has 0 aliphatic carbocycles. The SMILES string of the molecule is Cc1cc(-c2cc(-c3ccc(OCC(=O)N(C)Cc4ccccc4F)cc3)[nH]c(=O)n2)ccc1O. The topological polar surface area (TPSA) is 95.5 Å². The van der Waals surface area contributed by atoms with Crippen LogP contribution in [0.15, 0.2) is 77.6 Å². The molecule has 0 saturated carbocycles. The third-order valence-electron chi connectivity index (χ3n) is 5.56. The minimum atomic E-state index is -0.493. The van der Waals surface area contributed by atoms with Gasteiger partial charge in [-0.3, -0.25) is 4.79 Å². The van der Waals surface area contributed by atoms with Crippen LogP contribution in [-0.2, 0) is 11.3 Å². The van der Waals surface area contributed by atoms with E-state index >= 15 is 0 Å². The Hall–Kier alpha value is -4.46. The Bertz CT molecular complexity index is 1420. The number of nitrogens with zero attached hydrogens (tertiary/aromatic N) is 2. The number of aryl methyl sites for hydroxylation is 1. The lowest BCUT2D eigenvalue weighted by Crippen LogP contribution is -2.31. The normalized spacial score (nSPS) is 10.7. The van der Waals surface area contributed by atoms with E-state index in [9.17, 15) is 19.1 Å². The van der Waals surface area contributed by atoms with E-state index in [4.69, 9.17) is 4.74 Å². The molecule has 1 heterocycles. The highest BCUT2D eigenvalue weighted by atomic mass is 19.1. The standard InChI is InChI=1S/C27H24FN3O4/c1-17-13-19(9-12-25(17)32)24-14-23(29-27(34)30-24)18-7-10-21(11-8-18)35-16-26(33)31(2)15-20-5-3-4-6-22(20)28/h3-14,32H,15-16H2,1-2H3,(H,29,30,34). The number of aromatic nitrogens is 2. The number of phenolic OH excluding ortho intramolecular Hbond substituents is 1. The third kappa shape index (κ3) is 5.73. The first-order valence-corrected chi connectivity index (χ1v) is 10.9. The fourth-order valence-corrected chi connectivity index (χ4v) is 3.53. The molecule has 0 atom stereocenters. The molecule has 1 amide bonds. The molecule has 0 saturated heterocycles. The summed E-state index contributed by atoms with van der Waals surface area (Å²) in [5, 5.41) is 9.75. The molecule has 3 aromatic carbocycles. The van der Waals surface area contributed by atoms with Crippen LogP contribution in [0.1, 0.15) is 11.1 Å². The minimum absolute atomic E-state index is 0.145. The summed E-state index contributed by atoms with van der Waals surface area (Å²) in [7, 11) is 1.59. The molecular weight excluding hydrogens is 449 g/mol. The molecule has 1 aromatic heterocycles. The number of amides is 1.